The van der Waals surface area contributed by atoms with Crippen molar-refractivity contribution in [1.29, 1.82) is 0 Å². The number of hydrogen-bond donors (Lipinski definition) is 0. The summed E-state index contributed by atoms with van der Waals surface area (Å²) in [7, 11) is 0. The molecule has 0 radical (unpaired) electrons. The predicted molar refractivity (Wildman–Crippen MR) is 84.4 cm³/mol. The standard InChI is InChI=1S/C18H15NO3/c20-17-12-6-10-15(17)18(13-7-2-1-3-8-13)14-9-4-5-11-16(14)19(21)22/h1-5,7-9,11H,6,10,12H2/b18-15+. The Morgan fingerprint density at radius 1 is 0.955 bits per heavy atom. The third-order valence-corrected chi connectivity index (χ3v) is 3.90. The quantitative estimate of drug-likeness (QED) is 0.485. The molecule has 2 aromatic rings. The van der Waals surface area contributed by atoms with Gasteiger partial charge in [0.1, 0.15) is 0 Å². The Morgan fingerprint density at radius 2 is 1.64 bits per heavy atom. The molecule has 0 spiro atoms. The van der Waals surface area contributed by atoms with Gasteiger partial charge in [-0.05, 0) is 24.5 Å². The maximum atomic E-state index is 12.2. The molecule has 0 heterocycles. The first-order chi connectivity index (χ1) is 10.7. The molecule has 0 bridgehead atoms. The first-order valence-corrected chi connectivity index (χ1v) is 7.24. The molecule has 0 N–H and O–H groups in total. The largest absolute Gasteiger partial charge is 0.295 e. The molecular weight excluding hydrogens is 278 g/mol. The number of nitrogens with zero attached hydrogens (tertiary/aromatic N) is 1. The summed E-state index contributed by atoms with van der Waals surface area (Å²) in [5, 5.41) is 11.4. The van der Waals surface area contributed by atoms with Crippen molar-refractivity contribution in [3.8, 4) is 0 Å². The lowest BCUT2D eigenvalue weighted by atomic mass is 9.91. The number of allylic oxidation sites excluding steroid dienone is 1. The van der Waals surface area contributed by atoms with Gasteiger partial charge in [-0.1, -0.05) is 42.5 Å². The number of ketones is 1. The molecular formula is C18H15NO3. The van der Waals surface area contributed by atoms with E-state index in [1.807, 2.05) is 30.3 Å². The van der Waals surface area contributed by atoms with Crippen LogP contribution in [0.1, 0.15) is 30.4 Å². The fraction of sp³-hybridized carbons (Fsp3) is 0.167. The fourth-order valence-corrected chi connectivity index (χ4v) is 2.92. The lowest BCUT2D eigenvalue weighted by molar-refractivity contribution is -0.385. The van der Waals surface area contributed by atoms with Gasteiger partial charge in [-0.15, -0.1) is 0 Å². The van der Waals surface area contributed by atoms with Crippen LogP contribution in [0, 0.1) is 10.1 Å². The van der Waals surface area contributed by atoms with E-state index < -0.39 is 4.92 Å². The molecule has 110 valence electrons. The highest BCUT2D eigenvalue weighted by Crippen LogP contribution is 2.37. The van der Waals surface area contributed by atoms with Gasteiger partial charge in [-0.2, -0.15) is 0 Å². The highest BCUT2D eigenvalue weighted by Gasteiger charge is 2.26. The minimum atomic E-state index is -0.391. The van der Waals surface area contributed by atoms with Crippen LogP contribution in [-0.2, 0) is 4.79 Å². The smallest absolute Gasteiger partial charge is 0.277 e. The van der Waals surface area contributed by atoms with Crippen LogP contribution in [0.2, 0.25) is 0 Å². The van der Waals surface area contributed by atoms with E-state index in [2.05, 4.69) is 0 Å². The van der Waals surface area contributed by atoms with Crippen LogP contribution in [0.4, 0.5) is 5.69 Å². The first-order valence-electron chi connectivity index (χ1n) is 7.24. The van der Waals surface area contributed by atoms with Gasteiger partial charge in [-0.3, -0.25) is 14.9 Å². The first kappa shape index (κ1) is 14.2. The molecule has 22 heavy (non-hydrogen) atoms. The monoisotopic (exact) mass is 293 g/mol. The average molecular weight is 293 g/mol. The minimum Gasteiger partial charge on any atom is -0.295 e. The van der Waals surface area contributed by atoms with Crippen molar-refractivity contribution in [3.63, 3.8) is 0 Å². The molecule has 0 aromatic heterocycles. The van der Waals surface area contributed by atoms with Crippen LogP contribution in [-0.4, -0.2) is 10.7 Å². The molecule has 2 aromatic carbocycles. The van der Waals surface area contributed by atoms with Gasteiger partial charge in [0.25, 0.3) is 5.69 Å². The summed E-state index contributed by atoms with van der Waals surface area (Å²) in [6.07, 6.45) is 2.01. The Bertz CT molecular complexity index is 763. The minimum absolute atomic E-state index is 0.0357. The number of rotatable bonds is 3. The fourth-order valence-electron chi connectivity index (χ4n) is 2.92. The zero-order valence-electron chi connectivity index (χ0n) is 12.0. The van der Waals surface area contributed by atoms with Crippen molar-refractivity contribution >= 4 is 17.0 Å². The van der Waals surface area contributed by atoms with E-state index in [9.17, 15) is 14.9 Å². The molecule has 0 atom stereocenters. The number of nitro benzene ring substituents is 1. The predicted octanol–water partition coefficient (Wildman–Crippen LogP) is 4.15. The molecule has 1 aliphatic rings. The SMILES string of the molecule is O=C1CCC/C1=C(/c1ccccc1)c1ccccc1[N+](=O)[O-]. The number of para-hydroxylation sites is 1. The maximum absolute atomic E-state index is 12.2. The van der Waals surface area contributed by atoms with Crippen molar-refractivity contribution in [3.05, 3.63) is 81.4 Å². The van der Waals surface area contributed by atoms with Crippen molar-refractivity contribution in [2.45, 2.75) is 19.3 Å². The molecule has 0 aliphatic heterocycles. The molecule has 0 amide bonds. The van der Waals surface area contributed by atoms with E-state index >= 15 is 0 Å². The Morgan fingerprint density at radius 3 is 2.27 bits per heavy atom. The van der Waals surface area contributed by atoms with Gasteiger partial charge < -0.3 is 0 Å². The zero-order valence-corrected chi connectivity index (χ0v) is 12.0. The summed E-state index contributed by atoms with van der Waals surface area (Å²) in [6.45, 7) is 0. The molecule has 4 nitrogen and oxygen atoms in total. The summed E-state index contributed by atoms with van der Waals surface area (Å²) in [4.78, 5) is 23.2. The molecule has 0 saturated heterocycles. The topological polar surface area (TPSA) is 60.2 Å². The third kappa shape index (κ3) is 2.55. The number of hydrogen-bond acceptors (Lipinski definition) is 3. The van der Waals surface area contributed by atoms with Crippen molar-refractivity contribution < 1.29 is 9.72 Å². The van der Waals surface area contributed by atoms with Crippen LogP contribution in [0.5, 0.6) is 0 Å². The Kier molecular flexibility index (Phi) is 3.83. The van der Waals surface area contributed by atoms with Crippen molar-refractivity contribution in [2.75, 3.05) is 0 Å². The Labute approximate surface area is 128 Å². The van der Waals surface area contributed by atoms with Crippen molar-refractivity contribution in [2.24, 2.45) is 0 Å². The molecule has 1 fully saturated rings. The summed E-state index contributed by atoms with van der Waals surface area (Å²) < 4.78 is 0. The van der Waals surface area contributed by atoms with Gasteiger partial charge in [0.2, 0.25) is 0 Å². The summed E-state index contributed by atoms with van der Waals surface area (Å²) in [5.41, 5.74) is 2.82. The van der Waals surface area contributed by atoms with Gasteiger partial charge in [0, 0.05) is 23.6 Å². The number of benzene rings is 2. The number of Topliss-reactive ketones (excluding diaryl/α,β-unsaturated/α-hetero) is 1. The molecule has 4 heteroatoms. The second kappa shape index (κ2) is 5.93. The normalized spacial score (nSPS) is 16.6. The highest BCUT2D eigenvalue weighted by atomic mass is 16.6. The van der Waals surface area contributed by atoms with Gasteiger partial charge in [-0.25, -0.2) is 0 Å². The van der Waals surface area contributed by atoms with Crippen LogP contribution in [0.25, 0.3) is 5.57 Å². The lowest BCUT2D eigenvalue weighted by Gasteiger charge is -2.12. The summed E-state index contributed by atoms with van der Waals surface area (Å²) in [5.74, 6) is 0.0944. The second-order valence-electron chi connectivity index (χ2n) is 5.27. The van der Waals surface area contributed by atoms with E-state index in [1.54, 1.807) is 18.2 Å². The maximum Gasteiger partial charge on any atom is 0.277 e. The zero-order chi connectivity index (χ0) is 15.5. The van der Waals surface area contributed by atoms with E-state index in [-0.39, 0.29) is 11.5 Å². The molecule has 0 unspecified atom stereocenters. The molecule has 1 aliphatic carbocycles. The number of carbonyl (C=O) groups is 1. The van der Waals surface area contributed by atoms with E-state index in [4.69, 9.17) is 0 Å². The average Bonchev–Trinajstić information content (AvgIpc) is 2.95. The van der Waals surface area contributed by atoms with Gasteiger partial charge >= 0.3 is 0 Å². The highest BCUT2D eigenvalue weighted by molar-refractivity contribution is 6.08. The number of nitro groups is 1. The van der Waals surface area contributed by atoms with Crippen LogP contribution >= 0.6 is 0 Å². The summed E-state index contributed by atoms with van der Waals surface area (Å²) in [6, 6.07) is 16.1. The van der Waals surface area contributed by atoms with E-state index in [1.165, 1.54) is 6.07 Å². The van der Waals surface area contributed by atoms with E-state index in [0.717, 1.165) is 12.0 Å². The summed E-state index contributed by atoms with van der Waals surface area (Å²) >= 11 is 0. The van der Waals surface area contributed by atoms with Gasteiger partial charge in [0.05, 0.1) is 10.5 Å². The van der Waals surface area contributed by atoms with Crippen LogP contribution < -0.4 is 0 Å². The second-order valence-corrected chi connectivity index (χ2v) is 5.27. The van der Waals surface area contributed by atoms with E-state index in [0.29, 0.717) is 29.6 Å². The van der Waals surface area contributed by atoms with Crippen LogP contribution in [0.15, 0.2) is 60.2 Å². The third-order valence-electron chi connectivity index (χ3n) is 3.90. The Hall–Kier alpha value is -2.75. The van der Waals surface area contributed by atoms with Crippen LogP contribution in [0.3, 0.4) is 0 Å². The lowest BCUT2D eigenvalue weighted by Crippen LogP contribution is -2.02. The van der Waals surface area contributed by atoms with Crippen molar-refractivity contribution in [1.82, 2.24) is 0 Å². The molecule has 3 rings (SSSR count). The number of carbonyl (C=O) groups excluding carboxylic acids is 1. The Balaban J connectivity index is 2.29. The molecule has 1 saturated carbocycles. The van der Waals surface area contributed by atoms with Gasteiger partial charge in [0.15, 0.2) is 5.78 Å².